The van der Waals surface area contributed by atoms with Crippen molar-refractivity contribution >= 4 is 29.9 Å². The highest BCUT2D eigenvalue weighted by Gasteiger charge is 2.44. The number of nitrogens with one attached hydrogen (secondary N) is 1. The van der Waals surface area contributed by atoms with Gasteiger partial charge in [-0.2, -0.15) is 0 Å². The molecule has 0 atom stereocenters. The van der Waals surface area contributed by atoms with E-state index in [2.05, 4.69) is 45.5 Å². The Morgan fingerprint density at radius 2 is 1.79 bits per heavy atom. The second-order valence-electron chi connectivity index (χ2n) is 7.93. The summed E-state index contributed by atoms with van der Waals surface area (Å²) < 4.78 is 0. The summed E-state index contributed by atoms with van der Waals surface area (Å²) >= 11 is 0. The van der Waals surface area contributed by atoms with Gasteiger partial charge in [0.2, 0.25) is 0 Å². The van der Waals surface area contributed by atoms with Crippen LogP contribution in [0.25, 0.3) is 0 Å². The van der Waals surface area contributed by atoms with E-state index in [0.717, 1.165) is 12.5 Å². The lowest BCUT2D eigenvalue weighted by Gasteiger charge is -2.43. The van der Waals surface area contributed by atoms with Gasteiger partial charge < -0.3 is 10.2 Å². The van der Waals surface area contributed by atoms with Gasteiger partial charge in [0.15, 0.2) is 5.96 Å². The van der Waals surface area contributed by atoms with Gasteiger partial charge in [-0.3, -0.25) is 4.99 Å². The maximum atomic E-state index is 4.58. The van der Waals surface area contributed by atoms with Gasteiger partial charge in [0, 0.05) is 32.1 Å². The fourth-order valence-electron chi connectivity index (χ4n) is 4.74. The Labute approximate surface area is 163 Å². The summed E-state index contributed by atoms with van der Waals surface area (Å²) in [6.45, 7) is 3.41. The Morgan fingerprint density at radius 3 is 2.29 bits per heavy atom. The van der Waals surface area contributed by atoms with Crippen molar-refractivity contribution in [2.45, 2.75) is 50.4 Å². The highest BCUT2D eigenvalue weighted by atomic mass is 127. The van der Waals surface area contributed by atoms with E-state index in [-0.39, 0.29) is 24.0 Å². The van der Waals surface area contributed by atoms with E-state index in [4.69, 9.17) is 0 Å². The van der Waals surface area contributed by atoms with Crippen LogP contribution in [0.15, 0.2) is 35.3 Å². The first-order valence-corrected chi connectivity index (χ1v) is 9.27. The summed E-state index contributed by atoms with van der Waals surface area (Å²) in [7, 11) is 1.93. The molecule has 3 nitrogen and oxygen atoms in total. The molecular weight excluding hydrogens is 409 g/mol. The van der Waals surface area contributed by atoms with Crippen molar-refractivity contribution < 1.29 is 0 Å². The number of rotatable bonds is 3. The van der Waals surface area contributed by atoms with Crippen LogP contribution in [0.1, 0.15) is 50.5 Å². The predicted molar refractivity (Wildman–Crippen MR) is 111 cm³/mol. The first-order valence-electron chi connectivity index (χ1n) is 9.27. The molecule has 0 radical (unpaired) electrons. The fourth-order valence-corrected chi connectivity index (χ4v) is 4.74. The number of hydrogen-bond donors (Lipinski definition) is 1. The van der Waals surface area contributed by atoms with E-state index in [0.29, 0.717) is 10.8 Å². The number of benzene rings is 1. The number of likely N-dealkylation sites (tertiary alicyclic amines) is 1. The van der Waals surface area contributed by atoms with Crippen molar-refractivity contribution in [3.05, 3.63) is 35.9 Å². The molecule has 1 aliphatic heterocycles. The largest absolute Gasteiger partial charge is 0.355 e. The van der Waals surface area contributed by atoms with Crippen molar-refractivity contribution in [1.29, 1.82) is 0 Å². The van der Waals surface area contributed by atoms with Crippen LogP contribution in [0.4, 0.5) is 0 Å². The van der Waals surface area contributed by atoms with Crippen LogP contribution < -0.4 is 5.32 Å². The summed E-state index contributed by atoms with van der Waals surface area (Å²) in [6.07, 6.45) is 9.58. The van der Waals surface area contributed by atoms with Crippen molar-refractivity contribution in [3.8, 4) is 0 Å². The summed E-state index contributed by atoms with van der Waals surface area (Å²) in [5.74, 6) is 1.12. The number of aliphatic imine (C=N–C) groups is 1. The van der Waals surface area contributed by atoms with Gasteiger partial charge in [-0.1, -0.05) is 43.2 Å². The normalized spacial score (nSPS) is 24.0. The lowest BCUT2D eigenvalue weighted by Crippen LogP contribution is -2.50. The molecule has 1 aromatic rings. The highest BCUT2D eigenvalue weighted by molar-refractivity contribution is 14.0. The van der Waals surface area contributed by atoms with Gasteiger partial charge in [-0.15, -0.1) is 24.0 Å². The lowest BCUT2D eigenvalue weighted by molar-refractivity contribution is 0.151. The van der Waals surface area contributed by atoms with E-state index < -0.39 is 0 Å². The zero-order valence-electron chi connectivity index (χ0n) is 14.8. The van der Waals surface area contributed by atoms with Gasteiger partial charge in [0.05, 0.1) is 0 Å². The number of hydrogen-bond acceptors (Lipinski definition) is 1. The number of halogens is 1. The van der Waals surface area contributed by atoms with Crippen LogP contribution in [-0.4, -0.2) is 37.5 Å². The number of nitrogens with zero attached hydrogens (tertiary/aromatic N) is 2. The molecular formula is C20H30IN3. The van der Waals surface area contributed by atoms with Crippen molar-refractivity contribution in [1.82, 2.24) is 10.2 Å². The average Bonchev–Trinajstić information content (AvgIpc) is 2.97. The Kier molecular flexibility index (Phi) is 5.42. The van der Waals surface area contributed by atoms with Crippen LogP contribution >= 0.6 is 24.0 Å². The van der Waals surface area contributed by atoms with Crippen molar-refractivity contribution in [3.63, 3.8) is 0 Å². The van der Waals surface area contributed by atoms with E-state index in [9.17, 15) is 0 Å². The van der Waals surface area contributed by atoms with Crippen LogP contribution in [0.3, 0.4) is 0 Å². The summed E-state index contributed by atoms with van der Waals surface area (Å²) in [5, 5.41) is 3.71. The van der Waals surface area contributed by atoms with E-state index >= 15 is 0 Å². The first-order chi connectivity index (χ1) is 11.3. The Bertz CT molecular complexity index is 576. The highest BCUT2D eigenvalue weighted by Crippen LogP contribution is 2.48. The lowest BCUT2D eigenvalue weighted by atomic mass is 9.64. The first kappa shape index (κ1) is 18.0. The van der Waals surface area contributed by atoms with Crippen LogP contribution in [0.2, 0.25) is 0 Å². The number of guanidine groups is 1. The molecule has 132 valence electrons. The van der Waals surface area contributed by atoms with E-state index in [1.54, 1.807) is 0 Å². The molecule has 4 heteroatoms. The molecule has 3 fully saturated rings. The Hall–Kier alpha value is -0.780. The molecule has 3 aliphatic rings. The van der Waals surface area contributed by atoms with Crippen LogP contribution in [0, 0.1) is 5.41 Å². The second kappa shape index (κ2) is 7.22. The maximum absolute atomic E-state index is 4.58. The Morgan fingerprint density at radius 1 is 1.08 bits per heavy atom. The zero-order chi connectivity index (χ0) is 15.8. The molecule has 1 N–H and O–H groups in total. The molecule has 0 bridgehead atoms. The van der Waals surface area contributed by atoms with Gasteiger partial charge in [-0.05, 0) is 43.1 Å². The van der Waals surface area contributed by atoms with Crippen molar-refractivity contribution in [2.24, 2.45) is 10.4 Å². The molecule has 0 unspecified atom stereocenters. The molecule has 4 rings (SSSR count). The standard InChI is InChI=1S/C20H29N3.HI/c1-21-18(23-14-13-19(16-23)9-5-10-19)22-15-20(11-6-12-20)17-7-3-2-4-8-17;/h2-4,7-8H,5-6,9-16H2,1H3,(H,21,22);1H. The topological polar surface area (TPSA) is 27.6 Å². The van der Waals surface area contributed by atoms with Crippen LogP contribution in [0.5, 0.6) is 0 Å². The van der Waals surface area contributed by atoms with Gasteiger partial charge in [0.25, 0.3) is 0 Å². The van der Waals surface area contributed by atoms with Gasteiger partial charge in [-0.25, -0.2) is 0 Å². The van der Waals surface area contributed by atoms with Gasteiger partial charge >= 0.3 is 0 Å². The molecule has 24 heavy (non-hydrogen) atoms. The molecule has 2 saturated carbocycles. The van der Waals surface area contributed by atoms with E-state index in [1.165, 1.54) is 63.6 Å². The molecule has 0 aromatic heterocycles. The SMILES string of the molecule is CN=C(NCC1(c2ccccc2)CCC1)N1CCC2(CCC2)C1.I. The summed E-state index contributed by atoms with van der Waals surface area (Å²) in [4.78, 5) is 7.08. The third-order valence-corrected chi connectivity index (χ3v) is 6.65. The smallest absolute Gasteiger partial charge is 0.193 e. The summed E-state index contributed by atoms with van der Waals surface area (Å²) in [5.41, 5.74) is 2.45. The third kappa shape index (κ3) is 3.18. The molecule has 1 aromatic carbocycles. The molecule has 1 heterocycles. The second-order valence-corrected chi connectivity index (χ2v) is 7.93. The minimum absolute atomic E-state index is 0. The van der Waals surface area contributed by atoms with Crippen molar-refractivity contribution in [2.75, 3.05) is 26.7 Å². The molecule has 1 saturated heterocycles. The average molecular weight is 439 g/mol. The minimum Gasteiger partial charge on any atom is -0.355 e. The molecule has 0 amide bonds. The van der Waals surface area contributed by atoms with E-state index in [1.807, 2.05) is 7.05 Å². The maximum Gasteiger partial charge on any atom is 0.193 e. The molecule has 2 aliphatic carbocycles. The monoisotopic (exact) mass is 439 g/mol. The molecule has 1 spiro atoms. The third-order valence-electron chi connectivity index (χ3n) is 6.65. The predicted octanol–water partition coefficient (Wildman–Crippen LogP) is 4.18. The Balaban J connectivity index is 0.00000169. The zero-order valence-corrected chi connectivity index (χ0v) is 17.1. The van der Waals surface area contributed by atoms with Gasteiger partial charge in [0.1, 0.15) is 0 Å². The summed E-state index contributed by atoms with van der Waals surface area (Å²) in [6, 6.07) is 11.0. The fraction of sp³-hybridized carbons (Fsp3) is 0.650. The minimum atomic E-state index is 0. The van der Waals surface area contributed by atoms with Crippen LogP contribution in [-0.2, 0) is 5.41 Å². The quantitative estimate of drug-likeness (QED) is 0.435.